The van der Waals surface area contributed by atoms with E-state index in [0.717, 1.165) is 32.4 Å². The van der Waals surface area contributed by atoms with E-state index in [1.54, 1.807) is 0 Å². The normalized spacial score (nSPS) is 20.2. The monoisotopic (exact) mass is 250 g/mol. The van der Waals surface area contributed by atoms with Crippen LogP contribution in [0.3, 0.4) is 0 Å². The average molecular weight is 250 g/mol. The lowest BCUT2D eigenvalue weighted by atomic mass is 10.1. The summed E-state index contributed by atoms with van der Waals surface area (Å²) in [5.74, 6) is 1.59. The highest BCUT2D eigenvalue weighted by atomic mass is 16.5. The topological polar surface area (TPSA) is 73.4 Å². The lowest BCUT2D eigenvalue weighted by molar-refractivity contribution is -0.118. The third-order valence-electron chi connectivity index (χ3n) is 3.51. The van der Waals surface area contributed by atoms with Gasteiger partial charge in [-0.25, -0.2) is 0 Å². The van der Waals surface area contributed by atoms with Crippen LogP contribution in [0.25, 0.3) is 0 Å². The van der Waals surface area contributed by atoms with Gasteiger partial charge in [0.2, 0.25) is 0 Å². The van der Waals surface area contributed by atoms with Crippen molar-refractivity contribution in [3.8, 4) is 6.01 Å². The summed E-state index contributed by atoms with van der Waals surface area (Å²) in [7, 11) is 0. The summed E-state index contributed by atoms with van der Waals surface area (Å²) in [6.45, 7) is 2.79. The van der Waals surface area contributed by atoms with Crippen molar-refractivity contribution in [2.24, 2.45) is 0 Å². The number of nitrogens with zero attached hydrogens (tertiary/aromatic N) is 3. The average Bonchev–Trinajstić information content (AvgIpc) is 2.55. The number of rotatable bonds is 1. The van der Waals surface area contributed by atoms with Crippen molar-refractivity contribution in [2.45, 2.75) is 32.2 Å². The van der Waals surface area contributed by atoms with Crippen LogP contribution in [0, 0.1) is 0 Å². The quantitative estimate of drug-likeness (QED) is 0.798. The predicted molar refractivity (Wildman–Crippen MR) is 67.8 cm³/mol. The van der Waals surface area contributed by atoms with Crippen LogP contribution >= 0.6 is 0 Å². The molecule has 3 rings (SSSR count). The van der Waals surface area contributed by atoms with E-state index in [-0.39, 0.29) is 5.78 Å². The molecule has 2 aliphatic rings. The molecule has 3 heterocycles. The van der Waals surface area contributed by atoms with Gasteiger partial charge in [-0.2, -0.15) is 4.98 Å². The first-order chi connectivity index (χ1) is 8.75. The van der Waals surface area contributed by atoms with E-state index >= 15 is 0 Å². The Kier molecular flexibility index (Phi) is 2.85. The van der Waals surface area contributed by atoms with Crippen molar-refractivity contribution < 1.29 is 9.53 Å². The third-order valence-corrected chi connectivity index (χ3v) is 3.51. The van der Waals surface area contributed by atoms with Crippen LogP contribution in [0.2, 0.25) is 0 Å². The SMILES string of the molecule is Nc1c(N2CCCC(=O)C2)nc2n1CCCCO2. The molecule has 0 aliphatic carbocycles. The van der Waals surface area contributed by atoms with Crippen molar-refractivity contribution in [2.75, 3.05) is 30.3 Å². The molecule has 2 aliphatic heterocycles. The van der Waals surface area contributed by atoms with E-state index in [9.17, 15) is 4.79 Å². The molecule has 6 heteroatoms. The minimum atomic E-state index is 0.254. The number of ether oxygens (including phenoxy) is 1. The van der Waals surface area contributed by atoms with Crippen molar-refractivity contribution in [1.29, 1.82) is 0 Å². The zero-order valence-corrected chi connectivity index (χ0v) is 10.4. The van der Waals surface area contributed by atoms with Gasteiger partial charge in [0, 0.05) is 19.5 Å². The van der Waals surface area contributed by atoms with Crippen molar-refractivity contribution in [3.05, 3.63) is 0 Å². The molecular formula is C12H18N4O2. The summed E-state index contributed by atoms with van der Waals surface area (Å²) < 4.78 is 7.51. The van der Waals surface area contributed by atoms with Gasteiger partial charge in [-0.3, -0.25) is 9.36 Å². The fourth-order valence-corrected chi connectivity index (χ4v) is 2.55. The van der Waals surface area contributed by atoms with Crippen LogP contribution in [0.4, 0.5) is 11.6 Å². The molecule has 1 fully saturated rings. The number of nitrogens with two attached hydrogens (primary N) is 1. The molecule has 0 radical (unpaired) electrons. The fourth-order valence-electron chi connectivity index (χ4n) is 2.55. The van der Waals surface area contributed by atoms with E-state index in [0.29, 0.717) is 37.2 Å². The summed E-state index contributed by atoms with van der Waals surface area (Å²) in [6.07, 6.45) is 3.62. The highest BCUT2D eigenvalue weighted by Crippen LogP contribution is 2.31. The van der Waals surface area contributed by atoms with E-state index in [4.69, 9.17) is 10.5 Å². The van der Waals surface area contributed by atoms with E-state index in [2.05, 4.69) is 4.98 Å². The minimum absolute atomic E-state index is 0.254. The Morgan fingerprint density at radius 1 is 1.22 bits per heavy atom. The zero-order valence-electron chi connectivity index (χ0n) is 10.4. The second-order valence-corrected chi connectivity index (χ2v) is 4.87. The second kappa shape index (κ2) is 4.51. The molecule has 0 saturated carbocycles. The molecule has 6 nitrogen and oxygen atoms in total. The number of nitrogen functional groups attached to an aromatic ring is 1. The number of Topliss-reactive ketones (excluding diaryl/α,β-unsaturated/α-hetero) is 1. The minimum Gasteiger partial charge on any atom is -0.465 e. The smallest absolute Gasteiger partial charge is 0.299 e. The summed E-state index contributed by atoms with van der Waals surface area (Å²) >= 11 is 0. The van der Waals surface area contributed by atoms with Crippen LogP contribution in [0.5, 0.6) is 6.01 Å². The number of carbonyl (C=O) groups excluding carboxylic acids is 1. The Balaban J connectivity index is 1.90. The lowest BCUT2D eigenvalue weighted by Crippen LogP contribution is -2.36. The van der Waals surface area contributed by atoms with Crippen LogP contribution in [-0.2, 0) is 11.3 Å². The molecule has 0 bridgehead atoms. The number of hydrogen-bond donors (Lipinski definition) is 1. The molecule has 0 atom stereocenters. The number of imidazole rings is 1. The maximum absolute atomic E-state index is 11.5. The van der Waals surface area contributed by atoms with E-state index in [1.165, 1.54) is 0 Å². The maximum Gasteiger partial charge on any atom is 0.299 e. The van der Waals surface area contributed by atoms with Gasteiger partial charge in [0.1, 0.15) is 0 Å². The molecule has 0 aromatic carbocycles. The molecule has 1 aromatic rings. The first-order valence-electron chi connectivity index (χ1n) is 6.51. The van der Waals surface area contributed by atoms with Crippen LogP contribution in [0.15, 0.2) is 0 Å². The summed E-state index contributed by atoms with van der Waals surface area (Å²) in [5, 5.41) is 0. The highest BCUT2D eigenvalue weighted by molar-refractivity contribution is 5.85. The number of ketones is 1. The van der Waals surface area contributed by atoms with Crippen molar-refractivity contribution >= 4 is 17.4 Å². The van der Waals surface area contributed by atoms with Gasteiger partial charge in [0.15, 0.2) is 17.4 Å². The van der Waals surface area contributed by atoms with Crippen LogP contribution in [0.1, 0.15) is 25.7 Å². The maximum atomic E-state index is 11.5. The Morgan fingerprint density at radius 2 is 2.11 bits per heavy atom. The molecule has 1 saturated heterocycles. The number of carbonyl (C=O) groups is 1. The Hall–Kier alpha value is -1.72. The standard InChI is InChI=1S/C12H18N4O2/c13-10-11(15-5-3-4-9(17)8-15)14-12-16(10)6-1-2-7-18-12/h1-8,13H2. The second-order valence-electron chi connectivity index (χ2n) is 4.87. The Labute approximate surface area is 106 Å². The van der Waals surface area contributed by atoms with Crippen molar-refractivity contribution in [1.82, 2.24) is 9.55 Å². The van der Waals surface area contributed by atoms with Crippen molar-refractivity contribution in [3.63, 3.8) is 0 Å². The Morgan fingerprint density at radius 3 is 2.94 bits per heavy atom. The van der Waals surface area contributed by atoms with Gasteiger partial charge in [-0.05, 0) is 19.3 Å². The highest BCUT2D eigenvalue weighted by Gasteiger charge is 2.25. The first-order valence-corrected chi connectivity index (χ1v) is 6.51. The zero-order chi connectivity index (χ0) is 12.5. The molecule has 0 unspecified atom stereocenters. The molecule has 0 spiro atoms. The predicted octanol–water partition coefficient (Wildman–Crippen LogP) is 0.807. The number of fused-ring (bicyclic) bond motifs is 1. The molecule has 1 aromatic heterocycles. The first kappa shape index (κ1) is 11.4. The van der Waals surface area contributed by atoms with Gasteiger partial charge in [0.25, 0.3) is 6.01 Å². The fraction of sp³-hybridized carbons (Fsp3) is 0.667. The van der Waals surface area contributed by atoms with E-state index in [1.807, 2.05) is 9.47 Å². The van der Waals surface area contributed by atoms with Gasteiger partial charge in [-0.1, -0.05) is 0 Å². The number of piperidine rings is 1. The Bertz CT molecular complexity index is 469. The lowest BCUT2D eigenvalue weighted by Gasteiger charge is -2.26. The molecule has 0 amide bonds. The largest absolute Gasteiger partial charge is 0.465 e. The number of hydrogen-bond acceptors (Lipinski definition) is 5. The van der Waals surface area contributed by atoms with Gasteiger partial charge in [-0.15, -0.1) is 0 Å². The summed E-state index contributed by atoms with van der Waals surface area (Å²) in [5.41, 5.74) is 6.14. The molecule has 18 heavy (non-hydrogen) atoms. The number of anilines is 2. The van der Waals surface area contributed by atoms with Gasteiger partial charge < -0.3 is 15.4 Å². The molecule has 98 valence electrons. The van der Waals surface area contributed by atoms with E-state index < -0.39 is 0 Å². The summed E-state index contributed by atoms with van der Waals surface area (Å²) in [6, 6.07) is 0.595. The third kappa shape index (κ3) is 1.91. The number of aromatic nitrogens is 2. The van der Waals surface area contributed by atoms with Crippen LogP contribution in [-0.4, -0.2) is 35.0 Å². The molecular weight excluding hydrogens is 232 g/mol. The summed E-state index contributed by atoms with van der Waals surface area (Å²) in [4.78, 5) is 17.9. The van der Waals surface area contributed by atoms with Gasteiger partial charge >= 0.3 is 0 Å². The van der Waals surface area contributed by atoms with Crippen LogP contribution < -0.4 is 15.4 Å². The van der Waals surface area contributed by atoms with Gasteiger partial charge in [0.05, 0.1) is 13.2 Å². The molecule has 2 N–H and O–H groups in total.